The molecule has 3 heteroatoms. The maximum Gasteiger partial charge on any atom is 0.0346 e. The molecule has 0 aliphatic heterocycles. The Bertz CT molecular complexity index is 1110. The first-order valence-corrected chi connectivity index (χ1v) is 13.9. The van der Waals surface area contributed by atoms with Crippen LogP contribution in [0.5, 0.6) is 0 Å². The minimum absolute atomic E-state index is 0.377. The van der Waals surface area contributed by atoms with Gasteiger partial charge in [-0.25, -0.2) is 0 Å². The lowest BCUT2D eigenvalue weighted by Gasteiger charge is -2.34. The van der Waals surface area contributed by atoms with Crippen LogP contribution in [0.3, 0.4) is 0 Å². The molecule has 0 radical (unpaired) electrons. The summed E-state index contributed by atoms with van der Waals surface area (Å²) in [4.78, 5) is 0. The number of alkyl halides is 1. The van der Waals surface area contributed by atoms with E-state index in [-0.39, 0.29) is 0 Å². The zero-order chi connectivity index (χ0) is 20.5. The zero-order valence-electron chi connectivity index (χ0n) is 16.4. The van der Waals surface area contributed by atoms with Crippen LogP contribution in [0.15, 0.2) is 108 Å². The first-order chi connectivity index (χ1) is 14.7. The van der Waals surface area contributed by atoms with E-state index >= 15 is 0 Å². The molecule has 0 saturated heterocycles. The summed E-state index contributed by atoms with van der Waals surface area (Å²) in [5.74, 6) is 0. The quantitative estimate of drug-likeness (QED) is 0.159. The Morgan fingerprint density at radius 2 is 1.43 bits per heavy atom. The molecule has 2 atom stereocenters. The van der Waals surface area contributed by atoms with Crippen molar-refractivity contribution in [1.82, 2.24) is 0 Å². The minimum Gasteiger partial charge on any atom is -0.0777 e. The average molecular weight is 630 g/mol. The molecule has 0 saturated carbocycles. The van der Waals surface area contributed by atoms with E-state index in [2.05, 4.69) is 148 Å². The highest BCUT2D eigenvalue weighted by Crippen LogP contribution is 2.57. The lowest BCUT2D eigenvalue weighted by atomic mass is 9.92. The van der Waals surface area contributed by atoms with Crippen LogP contribution in [-0.4, -0.2) is 3.92 Å². The number of halogens is 2. The normalized spacial score (nSPS) is 20.1. The molecule has 2 aliphatic carbocycles. The van der Waals surface area contributed by atoms with Gasteiger partial charge in [0.1, 0.15) is 0 Å². The van der Waals surface area contributed by atoms with Gasteiger partial charge >= 0.3 is 0 Å². The third-order valence-corrected chi connectivity index (χ3v) is 10.1. The Balaban J connectivity index is 1.79. The Morgan fingerprint density at radius 1 is 0.767 bits per heavy atom. The summed E-state index contributed by atoms with van der Waals surface area (Å²) >= 11 is 5.05. The molecule has 0 aromatic heterocycles. The minimum atomic E-state index is -0.586. The largest absolute Gasteiger partial charge is 0.0777 e. The molecule has 2 unspecified atom stereocenters. The van der Waals surface area contributed by atoms with Gasteiger partial charge in [-0.2, -0.15) is 0 Å². The first kappa shape index (κ1) is 20.7. The van der Waals surface area contributed by atoms with Crippen molar-refractivity contribution in [1.29, 1.82) is 0 Å². The summed E-state index contributed by atoms with van der Waals surface area (Å²) in [6, 6.07) is 29.3. The van der Waals surface area contributed by atoms with Gasteiger partial charge in [0.25, 0.3) is 0 Å². The summed E-state index contributed by atoms with van der Waals surface area (Å²) in [6.45, 7) is 0. The molecule has 0 nitrogen and oxygen atoms in total. The van der Waals surface area contributed by atoms with Gasteiger partial charge in [0.05, 0.1) is 0 Å². The molecule has 0 amide bonds. The van der Waals surface area contributed by atoms with Crippen LogP contribution in [0.2, 0.25) is 0 Å². The molecule has 0 spiro atoms. The van der Waals surface area contributed by atoms with Crippen LogP contribution in [0.25, 0.3) is 6.08 Å². The maximum absolute atomic E-state index is 2.59. The van der Waals surface area contributed by atoms with Crippen LogP contribution in [0, 0.1) is 3.57 Å². The summed E-state index contributed by atoms with van der Waals surface area (Å²) in [7, 11) is -0.586. The second-order valence-electron chi connectivity index (χ2n) is 7.61. The van der Waals surface area contributed by atoms with Crippen LogP contribution < -0.4 is 10.6 Å². The van der Waals surface area contributed by atoms with E-state index in [0.717, 1.165) is 6.42 Å². The number of benzene rings is 3. The number of fused-ring (bicyclic) bond motifs is 1. The molecule has 3 aromatic rings. The molecule has 2 aliphatic rings. The van der Waals surface area contributed by atoms with E-state index in [0.29, 0.717) is 9.58 Å². The van der Waals surface area contributed by atoms with Crippen molar-refractivity contribution in [3.05, 3.63) is 123 Å². The van der Waals surface area contributed by atoms with E-state index in [9.17, 15) is 0 Å². The van der Waals surface area contributed by atoms with Gasteiger partial charge in [0.15, 0.2) is 0 Å². The third kappa shape index (κ3) is 4.11. The SMILES string of the molecule is Ic1ccc2c(c1)C(P(c1ccccc1)c1ccccc1)C1=C(C=C2)C=CC(I)C1. The van der Waals surface area contributed by atoms with Gasteiger partial charge < -0.3 is 0 Å². The molecule has 3 aromatic carbocycles. The molecule has 0 bridgehead atoms. The van der Waals surface area contributed by atoms with Gasteiger partial charge in [0.2, 0.25) is 0 Å². The van der Waals surface area contributed by atoms with Crippen molar-refractivity contribution in [2.75, 3.05) is 0 Å². The molecule has 0 heterocycles. The summed E-state index contributed by atoms with van der Waals surface area (Å²) in [5, 5.41) is 2.89. The van der Waals surface area contributed by atoms with E-state index in [1.807, 2.05) is 0 Å². The number of allylic oxidation sites excluding steroid dienone is 5. The van der Waals surface area contributed by atoms with E-state index < -0.39 is 7.92 Å². The molecule has 30 heavy (non-hydrogen) atoms. The van der Waals surface area contributed by atoms with E-state index in [1.54, 1.807) is 5.57 Å². The predicted molar refractivity (Wildman–Crippen MR) is 149 cm³/mol. The smallest absolute Gasteiger partial charge is 0.0346 e. The predicted octanol–water partition coefficient (Wildman–Crippen LogP) is 7.55. The second kappa shape index (κ2) is 9.10. The maximum atomic E-state index is 2.59. The first-order valence-electron chi connectivity index (χ1n) is 10.1. The average Bonchev–Trinajstić information content (AvgIpc) is 2.92. The summed E-state index contributed by atoms with van der Waals surface area (Å²) in [6.07, 6.45) is 10.5. The Kier molecular flexibility index (Phi) is 6.27. The summed E-state index contributed by atoms with van der Waals surface area (Å²) in [5.41, 5.74) is 6.20. The Morgan fingerprint density at radius 3 is 2.10 bits per heavy atom. The van der Waals surface area contributed by atoms with Crippen LogP contribution in [0.4, 0.5) is 0 Å². The van der Waals surface area contributed by atoms with Crippen molar-refractivity contribution in [3.63, 3.8) is 0 Å². The van der Waals surface area contributed by atoms with E-state index in [4.69, 9.17) is 0 Å². The number of hydrogen-bond donors (Lipinski definition) is 0. The van der Waals surface area contributed by atoms with Crippen molar-refractivity contribution in [2.45, 2.75) is 16.0 Å². The van der Waals surface area contributed by atoms with Gasteiger partial charge in [-0.1, -0.05) is 114 Å². The lowest BCUT2D eigenvalue weighted by molar-refractivity contribution is 0.915. The van der Waals surface area contributed by atoms with E-state index in [1.165, 1.54) is 30.9 Å². The van der Waals surface area contributed by atoms with Crippen LogP contribution >= 0.6 is 53.1 Å². The zero-order valence-corrected chi connectivity index (χ0v) is 21.6. The molecule has 148 valence electrons. The molecular weight excluding hydrogens is 609 g/mol. The molecular formula is C27H21I2P. The lowest BCUT2D eigenvalue weighted by Crippen LogP contribution is -2.21. The van der Waals surface area contributed by atoms with Crippen molar-refractivity contribution in [3.8, 4) is 0 Å². The Labute approximate surface area is 207 Å². The second-order valence-corrected chi connectivity index (χ2v) is 12.7. The topological polar surface area (TPSA) is 0 Å². The van der Waals surface area contributed by atoms with Gasteiger partial charge in [-0.15, -0.1) is 0 Å². The fraction of sp³-hybridized carbons (Fsp3) is 0.111. The third-order valence-electron chi connectivity index (χ3n) is 5.71. The molecule has 0 fully saturated rings. The Hall–Kier alpha value is -1.23. The highest BCUT2D eigenvalue weighted by atomic mass is 127. The fourth-order valence-corrected chi connectivity index (χ4v) is 8.51. The van der Waals surface area contributed by atoms with Crippen LogP contribution in [-0.2, 0) is 0 Å². The fourth-order valence-electron chi connectivity index (χ4n) is 4.36. The summed E-state index contributed by atoms with van der Waals surface area (Å²) < 4.78 is 1.85. The van der Waals surface area contributed by atoms with Crippen molar-refractivity contribution >= 4 is 69.8 Å². The molecule has 0 N–H and O–H groups in total. The standard InChI is InChI=1S/C27H21I2P/c28-21-15-13-19-11-12-20-14-16-22(29)18-26(20)27(25(19)17-21)30(23-7-3-1-4-8-23)24-9-5-2-6-10-24/h1-17,22,27H,18H2. The van der Waals surface area contributed by atoms with Gasteiger partial charge in [-0.05, 0) is 81.9 Å². The van der Waals surface area contributed by atoms with Crippen molar-refractivity contribution < 1.29 is 0 Å². The monoisotopic (exact) mass is 630 g/mol. The van der Waals surface area contributed by atoms with Crippen LogP contribution in [0.1, 0.15) is 23.2 Å². The van der Waals surface area contributed by atoms with Gasteiger partial charge in [0, 0.05) is 13.2 Å². The highest BCUT2D eigenvalue weighted by molar-refractivity contribution is 14.1. The number of hydrogen-bond acceptors (Lipinski definition) is 0. The van der Waals surface area contributed by atoms with Gasteiger partial charge in [-0.3, -0.25) is 0 Å². The molecule has 5 rings (SSSR count). The number of rotatable bonds is 3. The highest BCUT2D eigenvalue weighted by Gasteiger charge is 2.34. The van der Waals surface area contributed by atoms with Crippen molar-refractivity contribution in [2.24, 2.45) is 0 Å².